The van der Waals surface area contributed by atoms with Gasteiger partial charge in [0.15, 0.2) is 5.76 Å². The summed E-state index contributed by atoms with van der Waals surface area (Å²) in [5.74, 6) is 1.26. The third-order valence-electron chi connectivity index (χ3n) is 3.49. The molecule has 20 heavy (non-hydrogen) atoms. The summed E-state index contributed by atoms with van der Waals surface area (Å²) in [6.07, 6.45) is 2.48. The SMILES string of the molecule is Fc1ccccc1-n1nc(-c2ccco2)c2c1NCC2. The number of benzene rings is 1. The minimum atomic E-state index is -0.294. The number of nitrogens with zero attached hydrogens (tertiary/aromatic N) is 2. The van der Waals surface area contributed by atoms with Gasteiger partial charge < -0.3 is 9.73 Å². The van der Waals surface area contributed by atoms with E-state index < -0.39 is 0 Å². The number of hydrogen-bond donors (Lipinski definition) is 1. The lowest BCUT2D eigenvalue weighted by Gasteiger charge is -2.06. The molecule has 0 saturated heterocycles. The zero-order chi connectivity index (χ0) is 13.5. The van der Waals surface area contributed by atoms with Crippen molar-refractivity contribution in [2.24, 2.45) is 0 Å². The van der Waals surface area contributed by atoms with Gasteiger partial charge in [0, 0.05) is 12.1 Å². The van der Waals surface area contributed by atoms with Crippen molar-refractivity contribution >= 4 is 5.82 Å². The van der Waals surface area contributed by atoms with Gasteiger partial charge in [-0.25, -0.2) is 9.07 Å². The van der Waals surface area contributed by atoms with E-state index in [9.17, 15) is 4.39 Å². The Bertz CT molecular complexity index is 762. The first kappa shape index (κ1) is 11.3. The molecule has 0 bridgehead atoms. The molecule has 3 heterocycles. The molecule has 4 rings (SSSR count). The number of aromatic nitrogens is 2. The molecule has 1 aromatic carbocycles. The van der Waals surface area contributed by atoms with Crippen molar-refractivity contribution in [2.45, 2.75) is 6.42 Å². The summed E-state index contributed by atoms with van der Waals surface area (Å²) in [4.78, 5) is 0. The maximum Gasteiger partial charge on any atom is 0.154 e. The van der Waals surface area contributed by atoms with Gasteiger partial charge in [-0.05, 0) is 30.7 Å². The van der Waals surface area contributed by atoms with Crippen LogP contribution in [-0.4, -0.2) is 16.3 Å². The van der Waals surface area contributed by atoms with E-state index in [1.54, 1.807) is 29.1 Å². The number of halogens is 1. The molecule has 2 aromatic heterocycles. The van der Waals surface area contributed by atoms with E-state index in [1.807, 2.05) is 12.1 Å². The summed E-state index contributed by atoms with van der Waals surface area (Å²) >= 11 is 0. The van der Waals surface area contributed by atoms with Crippen molar-refractivity contribution in [3.63, 3.8) is 0 Å². The molecule has 1 N–H and O–H groups in total. The molecule has 0 aliphatic carbocycles. The monoisotopic (exact) mass is 269 g/mol. The van der Waals surface area contributed by atoms with E-state index >= 15 is 0 Å². The third-order valence-corrected chi connectivity index (χ3v) is 3.49. The molecule has 0 saturated carbocycles. The fourth-order valence-corrected chi connectivity index (χ4v) is 2.58. The minimum absolute atomic E-state index is 0.294. The molecule has 4 nitrogen and oxygen atoms in total. The highest BCUT2D eigenvalue weighted by Crippen LogP contribution is 2.35. The number of anilines is 1. The lowest BCUT2D eigenvalue weighted by atomic mass is 10.2. The molecular weight excluding hydrogens is 257 g/mol. The average Bonchev–Trinajstić information content (AvgIpc) is 3.16. The Hall–Kier alpha value is -2.56. The maximum absolute atomic E-state index is 14.0. The second-order valence-corrected chi connectivity index (χ2v) is 4.69. The summed E-state index contributed by atoms with van der Waals surface area (Å²) < 4.78 is 21.0. The van der Waals surface area contributed by atoms with Crippen LogP contribution in [-0.2, 0) is 6.42 Å². The fourth-order valence-electron chi connectivity index (χ4n) is 2.58. The molecule has 5 heteroatoms. The van der Waals surface area contributed by atoms with Crippen molar-refractivity contribution in [1.82, 2.24) is 9.78 Å². The number of nitrogens with one attached hydrogen (secondary N) is 1. The van der Waals surface area contributed by atoms with E-state index in [1.165, 1.54) is 6.07 Å². The molecule has 0 spiro atoms. The van der Waals surface area contributed by atoms with E-state index in [0.717, 1.165) is 30.0 Å². The van der Waals surface area contributed by atoms with Crippen LogP contribution in [0.2, 0.25) is 0 Å². The van der Waals surface area contributed by atoms with E-state index in [4.69, 9.17) is 4.42 Å². The van der Waals surface area contributed by atoms with Crippen LogP contribution >= 0.6 is 0 Å². The van der Waals surface area contributed by atoms with Crippen LogP contribution in [0.1, 0.15) is 5.56 Å². The van der Waals surface area contributed by atoms with Crippen molar-refractivity contribution in [3.05, 3.63) is 54.0 Å². The summed E-state index contributed by atoms with van der Waals surface area (Å²) in [6.45, 7) is 0.829. The zero-order valence-electron chi connectivity index (χ0n) is 10.6. The quantitative estimate of drug-likeness (QED) is 0.776. The first-order valence-electron chi connectivity index (χ1n) is 6.49. The standard InChI is InChI=1S/C15H12FN3O/c16-11-4-1-2-5-12(11)19-15-10(7-8-17-15)14(18-19)13-6-3-9-20-13/h1-6,9,17H,7-8H2. The van der Waals surface area contributed by atoms with Crippen molar-refractivity contribution in [1.29, 1.82) is 0 Å². The summed E-state index contributed by atoms with van der Waals surface area (Å²) in [7, 11) is 0. The Morgan fingerprint density at radius 1 is 1.20 bits per heavy atom. The van der Waals surface area contributed by atoms with Gasteiger partial charge in [-0.3, -0.25) is 0 Å². The van der Waals surface area contributed by atoms with Crippen LogP contribution in [0.4, 0.5) is 10.2 Å². The zero-order valence-corrected chi connectivity index (χ0v) is 10.6. The van der Waals surface area contributed by atoms with E-state index in [0.29, 0.717) is 11.4 Å². The molecule has 100 valence electrons. The number of para-hydroxylation sites is 1. The normalized spacial score (nSPS) is 13.2. The van der Waals surface area contributed by atoms with Crippen molar-refractivity contribution in [2.75, 3.05) is 11.9 Å². The summed E-state index contributed by atoms with van der Waals surface area (Å²) in [5.41, 5.74) is 2.29. The Labute approximate surface area is 114 Å². The van der Waals surface area contributed by atoms with Gasteiger partial charge >= 0.3 is 0 Å². The van der Waals surface area contributed by atoms with Gasteiger partial charge in [0.05, 0.1) is 6.26 Å². The fraction of sp³-hybridized carbons (Fsp3) is 0.133. The predicted molar refractivity (Wildman–Crippen MR) is 73.4 cm³/mol. The molecule has 0 atom stereocenters. The molecule has 3 aromatic rings. The number of rotatable bonds is 2. The highest BCUT2D eigenvalue weighted by atomic mass is 19.1. The molecular formula is C15H12FN3O. The molecule has 0 radical (unpaired) electrons. The average molecular weight is 269 g/mol. The van der Waals surface area contributed by atoms with Gasteiger partial charge in [-0.15, -0.1) is 0 Å². The van der Waals surface area contributed by atoms with Crippen molar-refractivity contribution < 1.29 is 8.81 Å². The summed E-state index contributed by atoms with van der Waals surface area (Å²) in [6, 6.07) is 10.3. The van der Waals surface area contributed by atoms with Gasteiger partial charge in [0.1, 0.15) is 23.0 Å². The Morgan fingerprint density at radius 3 is 2.90 bits per heavy atom. The minimum Gasteiger partial charge on any atom is -0.463 e. The van der Waals surface area contributed by atoms with E-state index in [2.05, 4.69) is 10.4 Å². The van der Waals surface area contributed by atoms with Gasteiger partial charge in [-0.1, -0.05) is 12.1 Å². The first-order chi connectivity index (χ1) is 9.84. The van der Waals surface area contributed by atoms with Crippen LogP contribution in [0.25, 0.3) is 17.1 Å². The second-order valence-electron chi connectivity index (χ2n) is 4.69. The third kappa shape index (κ3) is 1.56. The van der Waals surface area contributed by atoms with E-state index in [-0.39, 0.29) is 5.82 Å². The smallest absolute Gasteiger partial charge is 0.154 e. The van der Waals surface area contributed by atoms with Crippen LogP contribution in [0, 0.1) is 5.82 Å². The van der Waals surface area contributed by atoms with Crippen LogP contribution in [0.3, 0.4) is 0 Å². The highest BCUT2D eigenvalue weighted by Gasteiger charge is 2.25. The van der Waals surface area contributed by atoms with Crippen LogP contribution in [0.5, 0.6) is 0 Å². The number of fused-ring (bicyclic) bond motifs is 1. The molecule has 0 amide bonds. The van der Waals surface area contributed by atoms with Gasteiger partial charge in [-0.2, -0.15) is 5.10 Å². The molecule has 0 unspecified atom stereocenters. The maximum atomic E-state index is 14.0. The second kappa shape index (κ2) is 4.23. The number of furan rings is 1. The Morgan fingerprint density at radius 2 is 2.10 bits per heavy atom. The molecule has 1 aliphatic rings. The van der Waals surface area contributed by atoms with Crippen LogP contribution < -0.4 is 5.32 Å². The van der Waals surface area contributed by atoms with Gasteiger partial charge in [0.25, 0.3) is 0 Å². The number of hydrogen-bond acceptors (Lipinski definition) is 3. The van der Waals surface area contributed by atoms with Crippen molar-refractivity contribution in [3.8, 4) is 17.1 Å². The molecule has 1 aliphatic heterocycles. The van der Waals surface area contributed by atoms with Crippen LogP contribution in [0.15, 0.2) is 47.1 Å². The largest absolute Gasteiger partial charge is 0.463 e. The lowest BCUT2D eigenvalue weighted by molar-refractivity contribution is 0.577. The molecule has 0 fully saturated rings. The Balaban J connectivity index is 1.94. The lowest BCUT2D eigenvalue weighted by Crippen LogP contribution is -2.05. The predicted octanol–water partition coefficient (Wildman–Crippen LogP) is 3.24. The first-order valence-corrected chi connectivity index (χ1v) is 6.49. The summed E-state index contributed by atoms with van der Waals surface area (Å²) in [5, 5.41) is 7.79. The topological polar surface area (TPSA) is 43.0 Å². The Kier molecular flexibility index (Phi) is 2.39. The van der Waals surface area contributed by atoms with Gasteiger partial charge in [0.2, 0.25) is 0 Å². The highest BCUT2D eigenvalue weighted by molar-refractivity contribution is 5.69.